The van der Waals surface area contributed by atoms with Gasteiger partial charge in [-0.25, -0.2) is 14.4 Å². The highest BCUT2D eigenvalue weighted by atomic mass is 28.3. The first-order valence-electron chi connectivity index (χ1n) is 10.8. The number of nitro benzene ring substituents is 1. The summed E-state index contributed by atoms with van der Waals surface area (Å²) < 4.78 is 28.2. The molecule has 0 fully saturated rings. The van der Waals surface area contributed by atoms with Crippen LogP contribution >= 0.6 is 0 Å². The van der Waals surface area contributed by atoms with Gasteiger partial charge in [0.25, 0.3) is 5.69 Å². The molecule has 2 aromatic carbocycles. The molecule has 0 aliphatic heterocycles. The molecule has 0 N–H and O–H groups in total. The van der Waals surface area contributed by atoms with Crippen molar-refractivity contribution < 1.29 is 18.8 Å². The van der Waals surface area contributed by atoms with Gasteiger partial charge in [0.15, 0.2) is 11.6 Å². The predicted molar refractivity (Wildman–Crippen MR) is 130 cm³/mol. The molecule has 8 nitrogen and oxygen atoms in total. The summed E-state index contributed by atoms with van der Waals surface area (Å²) in [6.45, 7) is 7.84. The maximum Gasteiger partial charge on any atom is 0.272 e. The van der Waals surface area contributed by atoms with Crippen LogP contribution in [0, 0.1) is 15.9 Å². The lowest BCUT2D eigenvalue weighted by atomic mass is 10.1. The van der Waals surface area contributed by atoms with Crippen LogP contribution < -0.4 is 4.74 Å². The second-order valence-corrected chi connectivity index (χ2v) is 14.7. The maximum absolute atomic E-state index is 14.5. The normalized spacial score (nSPS) is 11.6. The third-order valence-electron chi connectivity index (χ3n) is 5.26. The summed E-state index contributed by atoms with van der Waals surface area (Å²) in [6.07, 6.45) is 3.26. The van der Waals surface area contributed by atoms with Gasteiger partial charge in [0.05, 0.1) is 16.4 Å². The second kappa shape index (κ2) is 9.70. The molecular weight excluding hydrogens is 455 g/mol. The van der Waals surface area contributed by atoms with E-state index in [-0.39, 0.29) is 17.3 Å². The minimum absolute atomic E-state index is 0.150. The zero-order valence-corrected chi connectivity index (χ0v) is 20.2. The highest BCUT2D eigenvalue weighted by Gasteiger charge is 2.20. The topological polar surface area (TPSA) is 92.3 Å². The molecule has 0 unspecified atom stereocenters. The molecular formula is C24H25FN4O4Si. The van der Waals surface area contributed by atoms with Crippen LogP contribution in [0.3, 0.4) is 0 Å². The highest BCUT2D eigenvalue weighted by Crippen LogP contribution is 2.37. The van der Waals surface area contributed by atoms with E-state index < -0.39 is 18.8 Å². The summed E-state index contributed by atoms with van der Waals surface area (Å²) in [5.74, 6) is -0.863. The van der Waals surface area contributed by atoms with Gasteiger partial charge in [0, 0.05) is 32.5 Å². The number of hydrogen-bond acceptors (Lipinski definition) is 6. The van der Waals surface area contributed by atoms with E-state index in [4.69, 9.17) is 9.47 Å². The number of rotatable bonds is 9. The number of halogens is 1. The Morgan fingerprint density at radius 3 is 2.56 bits per heavy atom. The SMILES string of the molecule is C[Si](C)(C)CCOCn1cc(-c2ccccc2)c2c(Oc3ccc([N+](=O)[O-])cc3F)ncnc21. The van der Waals surface area contributed by atoms with E-state index >= 15 is 0 Å². The quantitative estimate of drug-likeness (QED) is 0.122. The van der Waals surface area contributed by atoms with Crippen molar-refractivity contribution in [2.75, 3.05) is 6.61 Å². The van der Waals surface area contributed by atoms with Gasteiger partial charge in [-0.15, -0.1) is 0 Å². The fourth-order valence-corrected chi connectivity index (χ4v) is 4.20. The summed E-state index contributed by atoms with van der Waals surface area (Å²) in [7, 11) is -1.22. The molecule has 2 aromatic heterocycles. The Morgan fingerprint density at radius 2 is 1.88 bits per heavy atom. The molecule has 4 rings (SSSR count). The van der Waals surface area contributed by atoms with E-state index in [0.29, 0.717) is 24.4 Å². The van der Waals surface area contributed by atoms with E-state index in [1.165, 1.54) is 18.5 Å². The standard InChI is InChI=1S/C24H25FN4O4Si/c1-34(2,3)12-11-32-16-28-14-19(17-7-5-4-6-8-17)22-23(28)26-15-27-24(22)33-21-10-9-18(29(30)31)13-20(21)25/h4-10,13-15H,11-12,16H2,1-3H3. The minimum Gasteiger partial charge on any atom is -0.435 e. The van der Waals surface area contributed by atoms with E-state index in [2.05, 4.69) is 29.6 Å². The van der Waals surface area contributed by atoms with Crippen LogP contribution in [0.25, 0.3) is 22.2 Å². The largest absolute Gasteiger partial charge is 0.435 e. The molecule has 34 heavy (non-hydrogen) atoms. The van der Waals surface area contributed by atoms with Crippen molar-refractivity contribution in [3.05, 3.63) is 77.0 Å². The van der Waals surface area contributed by atoms with Crippen LogP contribution in [0.1, 0.15) is 0 Å². The third-order valence-corrected chi connectivity index (χ3v) is 6.97. The molecule has 176 valence electrons. The van der Waals surface area contributed by atoms with Crippen LogP contribution in [-0.2, 0) is 11.5 Å². The Bertz CT molecular complexity index is 1320. The molecule has 0 saturated heterocycles. The van der Waals surface area contributed by atoms with Crippen molar-refractivity contribution in [1.29, 1.82) is 0 Å². The number of nitrogens with zero attached hydrogens (tertiary/aromatic N) is 4. The Labute approximate surface area is 197 Å². The monoisotopic (exact) mass is 480 g/mol. The summed E-state index contributed by atoms with van der Waals surface area (Å²) >= 11 is 0. The molecule has 2 heterocycles. The first kappa shape index (κ1) is 23.5. The van der Waals surface area contributed by atoms with Crippen molar-refractivity contribution in [3.63, 3.8) is 0 Å². The van der Waals surface area contributed by atoms with Crippen molar-refractivity contribution >= 4 is 24.8 Å². The fraction of sp³-hybridized carbons (Fsp3) is 0.250. The van der Waals surface area contributed by atoms with Crippen LogP contribution in [0.15, 0.2) is 61.1 Å². The van der Waals surface area contributed by atoms with Crippen molar-refractivity contribution in [2.45, 2.75) is 32.4 Å². The smallest absolute Gasteiger partial charge is 0.272 e. The van der Waals surface area contributed by atoms with E-state index in [1.807, 2.05) is 41.1 Å². The number of ether oxygens (including phenoxy) is 2. The van der Waals surface area contributed by atoms with Crippen LogP contribution in [-0.4, -0.2) is 34.1 Å². The molecule has 0 radical (unpaired) electrons. The summed E-state index contributed by atoms with van der Waals surface area (Å²) in [6, 6.07) is 13.9. The molecule has 0 spiro atoms. The molecule has 0 amide bonds. The van der Waals surface area contributed by atoms with Gasteiger partial charge < -0.3 is 14.0 Å². The molecule has 10 heteroatoms. The van der Waals surface area contributed by atoms with Gasteiger partial charge in [-0.05, 0) is 17.7 Å². The molecule has 0 aliphatic rings. The van der Waals surface area contributed by atoms with Gasteiger partial charge >= 0.3 is 0 Å². The average molecular weight is 481 g/mol. The van der Waals surface area contributed by atoms with E-state index in [1.54, 1.807) is 0 Å². The number of hydrogen-bond donors (Lipinski definition) is 0. The Kier molecular flexibility index (Phi) is 6.71. The maximum atomic E-state index is 14.5. The number of benzene rings is 2. The zero-order valence-electron chi connectivity index (χ0n) is 19.2. The molecule has 0 aliphatic carbocycles. The van der Waals surface area contributed by atoms with E-state index in [0.717, 1.165) is 23.2 Å². The third kappa shape index (κ3) is 5.29. The zero-order chi connectivity index (χ0) is 24.3. The van der Waals surface area contributed by atoms with Crippen LogP contribution in [0.2, 0.25) is 25.7 Å². The highest BCUT2D eigenvalue weighted by molar-refractivity contribution is 6.76. The fourth-order valence-electron chi connectivity index (χ4n) is 3.44. The number of fused-ring (bicyclic) bond motifs is 1. The number of aromatic nitrogens is 3. The van der Waals surface area contributed by atoms with Gasteiger partial charge in [0.1, 0.15) is 18.7 Å². The van der Waals surface area contributed by atoms with Gasteiger partial charge in [0.2, 0.25) is 5.88 Å². The summed E-state index contributed by atoms with van der Waals surface area (Å²) in [5, 5.41) is 11.5. The molecule has 0 atom stereocenters. The van der Waals surface area contributed by atoms with Crippen molar-refractivity contribution in [2.24, 2.45) is 0 Å². The number of non-ortho nitro benzene ring substituents is 1. The Hall–Kier alpha value is -3.63. The first-order valence-corrected chi connectivity index (χ1v) is 14.5. The minimum atomic E-state index is -1.22. The van der Waals surface area contributed by atoms with E-state index in [9.17, 15) is 14.5 Å². The van der Waals surface area contributed by atoms with Crippen LogP contribution in [0.4, 0.5) is 10.1 Å². The lowest BCUT2D eigenvalue weighted by Crippen LogP contribution is -2.22. The van der Waals surface area contributed by atoms with Gasteiger partial charge in [-0.2, -0.15) is 0 Å². The van der Waals surface area contributed by atoms with Crippen LogP contribution in [0.5, 0.6) is 11.6 Å². The predicted octanol–water partition coefficient (Wildman–Crippen LogP) is 6.25. The number of nitro groups is 1. The first-order chi connectivity index (χ1) is 16.2. The average Bonchev–Trinajstić information content (AvgIpc) is 3.17. The van der Waals surface area contributed by atoms with Crippen molar-refractivity contribution in [1.82, 2.24) is 14.5 Å². The van der Waals surface area contributed by atoms with Gasteiger partial charge in [-0.1, -0.05) is 50.0 Å². The Balaban J connectivity index is 1.73. The molecule has 0 bridgehead atoms. The molecule has 4 aromatic rings. The van der Waals surface area contributed by atoms with Crippen molar-refractivity contribution in [3.8, 4) is 22.8 Å². The lowest BCUT2D eigenvalue weighted by molar-refractivity contribution is -0.385. The summed E-state index contributed by atoms with van der Waals surface area (Å²) in [5.41, 5.74) is 1.95. The molecule has 0 saturated carbocycles. The second-order valence-electron chi connectivity index (χ2n) is 9.08. The lowest BCUT2D eigenvalue weighted by Gasteiger charge is -2.15. The Morgan fingerprint density at radius 1 is 1.12 bits per heavy atom. The van der Waals surface area contributed by atoms with Gasteiger partial charge in [-0.3, -0.25) is 10.1 Å². The summed E-state index contributed by atoms with van der Waals surface area (Å²) in [4.78, 5) is 18.9.